The first-order valence-corrected chi connectivity index (χ1v) is 7.02. The number of aliphatic hydroxyl groups excluding tert-OH is 2. The van der Waals surface area contributed by atoms with E-state index in [1.54, 1.807) is 0 Å². The molecule has 106 valence electrons. The van der Waals surface area contributed by atoms with Crippen molar-refractivity contribution in [1.29, 1.82) is 0 Å². The third-order valence-corrected chi connectivity index (χ3v) is 4.18. The van der Waals surface area contributed by atoms with Crippen LogP contribution in [-0.2, 0) is 11.8 Å². The Bertz CT molecular complexity index is 577. The monoisotopic (exact) mass is 290 g/mol. The van der Waals surface area contributed by atoms with Gasteiger partial charge in [-0.3, -0.25) is 0 Å². The number of aryl methyl sites for hydroxylation is 1. The summed E-state index contributed by atoms with van der Waals surface area (Å²) in [4.78, 5) is 0. The molecule has 0 radical (unpaired) electrons. The zero-order valence-corrected chi connectivity index (χ0v) is 12.3. The fraction of sp³-hybridized carbons (Fsp3) is 0.294. The quantitative estimate of drug-likeness (QED) is 0.888. The highest BCUT2D eigenvalue weighted by Gasteiger charge is 2.33. The molecule has 2 aromatic carbocycles. The van der Waals surface area contributed by atoms with Crippen LogP contribution in [0.15, 0.2) is 48.5 Å². The number of rotatable bonds is 5. The van der Waals surface area contributed by atoms with Gasteiger partial charge in [0.2, 0.25) is 0 Å². The maximum Gasteiger partial charge on any atom is 0.0553 e. The first kappa shape index (κ1) is 15.0. The molecular weight excluding hydrogens is 272 g/mol. The van der Waals surface area contributed by atoms with Crippen molar-refractivity contribution in [2.45, 2.75) is 18.8 Å². The standard InChI is InChI=1S/C17H19ClO2/c1-13-6-2-4-8-15(13)17(11-19,12-20)10-14-7-3-5-9-16(14)18/h2-9,19-20H,10-12H2,1H3. The molecule has 0 saturated carbocycles. The van der Waals surface area contributed by atoms with Crippen LogP contribution in [0.3, 0.4) is 0 Å². The maximum absolute atomic E-state index is 9.90. The first-order valence-electron chi connectivity index (χ1n) is 6.64. The number of halogens is 1. The van der Waals surface area contributed by atoms with Crippen LogP contribution in [0.4, 0.5) is 0 Å². The second-order valence-electron chi connectivity index (χ2n) is 5.18. The van der Waals surface area contributed by atoms with Crippen LogP contribution in [0, 0.1) is 6.92 Å². The summed E-state index contributed by atoms with van der Waals surface area (Å²) in [6.07, 6.45) is 0.504. The molecule has 2 N–H and O–H groups in total. The van der Waals surface area contributed by atoms with Gasteiger partial charge in [0.15, 0.2) is 0 Å². The summed E-state index contributed by atoms with van der Waals surface area (Å²) < 4.78 is 0. The average Bonchev–Trinajstić information content (AvgIpc) is 2.48. The van der Waals surface area contributed by atoms with Crippen molar-refractivity contribution in [1.82, 2.24) is 0 Å². The van der Waals surface area contributed by atoms with E-state index in [0.717, 1.165) is 16.7 Å². The largest absolute Gasteiger partial charge is 0.395 e. The SMILES string of the molecule is Cc1ccccc1C(CO)(CO)Cc1ccccc1Cl. The van der Waals surface area contributed by atoms with Crippen LogP contribution in [0.1, 0.15) is 16.7 Å². The fourth-order valence-corrected chi connectivity index (χ4v) is 2.80. The summed E-state index contributed by atoms with van der Waals surface area (Å²) >= 11 is 6.21. The molecule has 2 aromatic rings. The number of hydrogen-bond donors (Lipinski definition) is 2. The van der Waals surface area contributed by atoms with Gasteiger partial charge >= 0.3 is 0 Å². The summed E-state index contributed by atoms with van der Waals surface area (Å²) in [5.41, 5.74) is 2.24. The van der Waals surface area contributed by atoms with E-state index in [1.165, 1.54) is 0 Å². The summed E-state index contributed by atoms with van der Waals surface area (Å²) in [5, 5.41) is 20.5. The molecule has 0 aliphatic rings. The summed E-state index contributed by atoms with van der Waals surface area (Å²) in [5.74, 6) is 0. The Labute approximate surface area is 124 Å². The molecule has 20 heavy (non-hydrogen) atoms. The Morgan fingerprint density at radius 3 is 2.15 bits per heavy atom. The maximum atomic E-state index is 9.90. The highest BCUT2D eigenvalue weighted by molar-refractivity contribution is 6.31. The lowest BCUT2D eigenvalue weighted by atomic mass is 9.75. The lowest BCUT2D eigenvalue weighted by Crippen LogP contribution is -2.38. The molecule has 0 amide bonds. The van der Waals surface area contributed by atoms with Crippen LogP contribution < -0.4 is 0 Å². The van der Waals surface area contributed by atoms with Crippen molar-refractivity contribution in [3.05, 3.63) is 70.2 Å². The molecule has 0 unspecified atom stereocenters. The van der Waals surface area contributed by atoms with Crippen LogP contribution in [-0.4, -0.2) is 23.4 Å². The zero-order chi connectivity index (χ0) is 14.6. The Morgan fingerprint density at radius 1 is 0.950 bits per heavy atom. The summed E-state index contributed by atoms with van der Waals surface area (Å²) in [6, 6.07) is 15.4. The Balaban J connectivity index is 2.46. The zero-order valence-electron chi connectivity index (χ0n) is 11.5. The van der Waals surface area contributed by atoms with Crippen LogP contribution in [0.25, 0.3) is 0 Å². The van der Waals surface area contributed by atoms with E-state index >= 15 is 0 Å². The van der Waals surface area contributed by atoms with E-state index in [1.807, 2.05) is 55.5 Å². The predicted molar refractivity (Wildman–Crippen MR) is 82.2 cm³/mol. The van der Waals surface area contributed by atoms with Crippen molar-refractivity contribution in [2.75, 3.05) is 13.2 Å². The lowest BCUT2D eigenvalue weighted by Gasteiger charge is -2.32. The molecule has 3 heteroatoms. The van der Waals surface area contributed by atoms with Crippen LogP contribution in [0.2, 0.25) is 5.02 Å². The van der Waals surface area contributed by atoms with E-state index in [-0.39, 0.29) is 13.2 Å². The Hall–Kier alpha value is -1.35. The van der Waals surface area contributed by atoms with Crippen LogP contribution in [0.5, 0.6) is 0 Å². The average molecular weight is 291 g/mol. The molecule has 0 spiro atoms. The molecule has 0 bridgehead atoms. The predicted octanol–water partition coefficient (Wildman–Crippen LogP) is 3.11. The van der Waals surface area contributed by atoms with Gasteiger partial charge in [0, 0.05) is 10.4 Å². The van der Waals surface area contributed by atoms with Gasteiger partial charge in [0.1, 0.15) is 0 Å². The molecule has 2 nitrogen and oxygen atoms in total. The van der Waals surface area contributed by atoms with Crippen molar-refractivity contribution in [2.24, 2.45) is 0 Å². The van der Waals surface area contributed by atoms with Gasteiger partial charge in [-0.15, -0.1) is 0 Å². The molecule has 0 fully saturated rings. The van der Waals surface area contributed by atoms with E-state index in [4.69, 9.17) is 11.6 Å². The van der Waals surface area contributed by atoms with Gasteiger partial charge in [-0.05, 0) is 36.1 Å². The number of hydrogen-bond acceptors (Lipinski definition) is 2. The van der Waals surface area contributed by atoms with Gasteiger partial charge < -0.3 is 10.2 Å². The molecule has 0 saturated heterocycles. The van der Waals surface area contributed by atoms with E-state index in [2.05, 4.69) is 0 Å². The molecular formula is C17H19ClO2. The molecule has 0 aliphatic heterocycles. The second-order valence-corrected chi connectivity index (χ2v) is 5.59. The molecule has 2 rings (SSSR count). The third kappa shape index (κ3) is 2.88. The molecule has 0 aromatic heterocycles. The molecule has 0 atom stereocenters. The van der Waals surface area contributed by atoms with Crippen molar-refractivity contribution >= 4 is 11.6 Å². The smallest absolute Gasteiger partial charge is 0.0553 e. The van der Waals surface area contributed by atoms with Crippen molar-refractivity contribution < 1.29 is 10.2 Å². The number of aliphatic hydroxyl groups is 2. The first-order chi connectivity index (χ1) is 9.63. The highest BCUT2D eigenvalue weighted by atomic mass is 35.5. The van der Waals surface area contributed by atoms with Gasteiger partial charge in [-0.25, -0.2) is 0 Å². The lowest BCUT2D eigenvalue weighted by molar-refractivity contribution is 0.116. The molecule has 0 aliphatic carbocycles. The molecule has 0 heterocycles. The van der Waals surface area contributed by atoms with Crippen molar-refractivity contribution in [3.63, 3.8) is 0 Å². The Kier molecular flexibility index (Phi) is 4.81. The van der Waals surface area contributed by atoms with E-state index in [9.17, 15) is 10.2 Å². The Morgan fingerprint density at radius 2 is 1.55 bits per heavy atom. The minimum absolute atomic E-state index is 0.125. The topological polar surface area (TPSA) is 40.5 Å². The van der Waals surface area contributed by atoms with Gasteiger partial charge in [0.05, 0.1) is 13.2 Å². The van der Waals surface area contributed by atoms with Crippen molar-refractivity contribution in [3.8, 4) is 0 Å². The van der Waals surface area contributed by atoms with Gasteiger partial charge in [-0.2, -0.15) is 0 Å². The summed E-state index contributed by atoms with van der Waals surface area (Å²) in [7, 11) is 0. The number of benzene rings is 2. The third-order valence-electron chi connectivity index (χ3n) is 3.81. The second kappa shape index (κ2) is 6.40. The van der Waals surface area contributed by atoms with Gasteiger partial charge in [0.25, 0.3) is 0 Å². The highest BCUT2D eigenvalue weighted by Crippen LogP contribution is 2.32. The van der Waals surface area contributed by atoms with E-state index < -0.39 is 5.41 Å². The van der Waals surface area contributed by atoms with E-state index in [0.29, 0.717) is 11.4 Å². The minimum Gasteiger partial charge on any atom is -0.395 e. The van der Waals surface area contributed by atoms with Gasteiger partial charge in [-0.1, -0.05) is 54.1 Å². The van der Waals surface area contributed by atoms with Crippen LogP contribution >= 0.6 is 11.6 Å². The normalized spacial score (nSPS) is 11.6. The minimum atomic E-state index is -0.712. The fourth-order valence-electron chi connectivity index (χ4n) is 2.60. The summed E-state index contributed by atoms with van der Waals surface area (Å²) in [6.45, 7) is 1.74.